The number of hydrogen-bond acceptors (Lipinski definition) is 7. The summed E-state index contributed by atoms with van der Waals surface area (Å²) in [6, 6.07) is 15.5. The van der Waals surface area contributed by atoms with Gasteiger partial charge in [0.25, 0.3) is 5.69 Å². The molecule has 0 spiro atoms. The molecule has 0 bridgehead atoms. The van der Waals surface area contributed by atoms with Crippen molar-refractivity contribution >= 4 is 29.4 Å². The quantitative estimate of drug-likeness (QED) is 0.315. The van der Waals surface area contributed by atoms with Crippen molar-refractivity contribution < 1.29 is 24.0 Å². The molecule has 0 N–H and O–H groups in total. The van der Waals surface area contributed by atoms with Crippen molar-refractivity contribution in [2.24, 2.45) is 10.9 Å². The van der Waals surface area contributed by atoms with Crippen LogP contribution in [0.1, 0.15) is 37.8 Å². The Morgan fingerprint density at radius 1 is 1.09 bits per heavy atom. The number of allylic oxidation sites excluding steroid dienone is 1. The zero-order valence-electron chi connectivity index (χ0n) is 19.3. The first-order valence-corrected chi connectivity index (χ1v) is 10.9. The lowest BCUT2D eigenvalue weighted by Crippen LogP contribution is -2.36. The van der Waals surface area contributed by atoms with Gasteiger partial charge >= 0.3 is 11.9 Å². The van der Waals surface area contributed by atoms with Crippen LogP contribution in [0, 0.1) is 16.0 Å². The van der Waals surface area contributed by atoms with Gasteiger partial charge < -0.3 is 9.47 Å². The van der Waals surface area contributed by atoms with Crippen LogP contribution in [0.15, 0.2) is 76.9 Å². The number of nitro benzene ring substituents is 1. The molecule has 0 saturated carbocycles. The summed E-state index contributed by atoms with van der Waals surface area (Å²) in [5.41, 5.74) is 2.30. The van der Waals surface area contributed by atoms with Gasteiger partial charge in [0.15, 0.2) is 0 Å². The molecular formula is C26H26N2O6. The van der Waals surface area contributed by atoms with Crippen LogP contribution in [0.4, 0.5) is 5.69 Å². The van der Waals surface area contributed by atoms with Crippen molar-refractivity contribution in [3.63, 3.8) is 0 Å². The van der Waals surface area contributed by atoms with E-state index in [0.29, 0.717) is 17.0 Å². The van der Waals surface area contributed by atoms with Crippen LogP contribution in [0.5, 0.6) is 0 Å². The highest BCUT2D eigenvalue weighted by Gasteiger charge is 2.42. The maximum Gasteiger partial charge on any atom is 0.336 e. The number of non-ortho nitro benzene ring substituents is 1. The number of carbonyl (C=O) groups excluding carboxylic acids is 2. The van der Waals surface area contributed by atoms with Crippen LogP contribution in [0.2, 0.25) is 0 Å². The first-order valence-electron chi connectivity index (χ1n) is 10.9. The molecule has 3 rings (SSSR count). The number of esters is 2. The molecule has 0 aliphatic carbocycles. The fourth-order valence-electron chi connectivity index (χ4n) is 3.98. The van der Waals surface area contributed by atoms with Gasteiger partial charge in [-0.2, -0.15) is 0 Å². The topological polar surface area (TPSA) is 108 Å². The number of hydrogen-bond donors (Lipinski definition) is 0. The number of ether oxygens (including phenoxy) is 2. The fourth-order valence-corrected chi connectivity index (χ4v) is 3.98. The molecule has 1 heterocycles. The maximum absolute atomic E-state index is 13.2. The van der Waals surface area contributed by atoms with Crippen LogP contribution >= 0.6 is 0 Å². The minimum absolute atomic E-state index is 0.0128. The summed E-state index contributed by atoms with van der Waals surface area (Å²) >= 11 is 0. The van der Waals surface area contributed by atoms with Crippen LogP contribution in [-0.4, -0.2) is 35.8 Å². The van der Waals surface area contributed by atoms with Crippen molar-refractivity contribution in [2.75, 3.05) is 13.2 Å². The van der Waals surface area contributed by atoms with Crippen molar-refractivity contribution in [1.82, 2.24) is 0 Å². The van der Waals surface area contributed by atoms with Gasteiger partial charge in [-0.25, -0.2) is 4.79 Å². The molecular weight excluding hydrogens is 436 g/mol. The number of aliphatic imine (C=N–C) groups is 1. The first-order chi connectivity index (χ1) is 16.3. The lowest BCUT2D eigenvalue weighted by atomic mass is 9.75. The zero-order valence-corrected chi connectivity index (χ0v) is 19.3. The predicted octanol–water partition coefficient (Wildman–Crippen LogP) is 4.86. The van der Waals surface area contributed by atoms with Crippen LogP contribution < -0.4 is 0 Å². The summed E-state index contributed by atoms with van der Waals surface area (Å²) in [4.78, 5) is 41.3. The van der Waals surface area contributed by atoms with Crippen molar-refractivity contribution in [2.45, 2.75) is 26.7 Å². The van der Waals surface area contributed by atoms with E-state index in [4.69, 9.17) is 9.47 Å². The summed E-state index contributed by atoms with van der Waals surface area (Å²) in [7, 11) is 0. The Hall–Kier alpha value is -4.07. The molecule has 0 amide bonds. The van der Waals surface area contributed by atoms with Gasteiger partial charge in [0.1, 0.15) is 12.5 Å². The Morgan fingerprint density at radius 3 is 2.50 bits per heavy atom. The molecule has 8 nitrogen and oxygen atoms in total. The normalized spacial score (nSPS) is 17.9. The second-order valence-electron chi connectivity index (χ2n) is 7.72. The van der Waals surface area contributed by atoms with Gasteiger partial charge in [0.2, 0.25) is 0 Å². The van der Waals surface area contributed by atoms with Crippen molar-refractivity contribution in [1.29, 1.82) is 0 Å². The van der Waals surface area contributed by atoms with E-state index in [1.807, 2.05) is 36.4 Å². The van der Waals surface area contributed by atoms with Gasteiger partial charge in [-0.3, -0.25) is 19.9 Å². The average molecular weight is 463 g/mol. The smallest absolute Gasteiger partial charge is 0.336 e. The van der Waals surface area contributed by atoms with Crippen molar-refractivity contribution in [3.05, 3.63) is 93.2 Å². The molecule has 0 saturated heterocycles. The Labute approximate surface area is 197 Å². The van der Waals surface area contributed by atoms with Crippen LogP contribution in [0.25, 0.3) is 6.08 Å². The van der Waals surface area contributed by atoms with E-state index >= 15 is 0 Å². The molecule has 8 heteroatoms. The summed E-state index contributed by atoms with van der Waals surface area (Å²) < 4.78 is 10.7. The summed E-state index contributed by atoms with van der Waals surface area (Å²) in [6.45, 7) is 5.19. The Kier molecular flexibility index (Phi) is 8.08. The molecule has 2 atom stereocenters. The average Bonchev–Trinajstić information content (AvgIpc) is 2.82. The summed E-state index contributed by atoms with van der Waals surface area (Å²) in [5.74, 6) is -2.94. The fraction of sp³-hybridized carbons (Fsp3) is 0.269. The predicted molar refractivity (Wildman–Crippen MR) is 128 cm³/mol. The monoisotopic (exact) mass is 462 g/mol. The molecule has 0 fully saturated rings. The molecule has 1 aliphatic rings. The second kappa shape index (κ2) is 11.2. The molecule has 176 valence electrons. The van der Waals surface area contributed by atoms with Crippen LogP contribution in [0.3, 0.4) is 0 Å². The highest BCUT2D eigenvalue weighted by molar-refractivity contribution is 6.07. The van der Waals surface area contributed by atoms with Gasteiger partial charge in [-0.1, -0.05) is 48.5 Å². The number of carbonyl (C=O) groups is 2. The minimum atomic E-state index is -0.909. The van der Waals surface area contributed by atoms with E-state index in [9.17, 15) is 19.7 Å². The van der Waals surface area contributed by atoms with Gasteiger partial charge in [-0.15, -0.1) is 0 Å². The molecule has 34 heavy (non-hydrogen) atoms. The third-order valence-electron chi connectivity index (χ3n) is 5.45. The lowest BCUT2D eigenvalue weighted by Gasteiger charge is -2.31. The van der Waals surface area contributed by atoms with Crippen LogP contribution in [-0.2, 0) is 19.1 Å². The number of nitrogens with zero attached hydrogens (tertiary/aromatic N) is 2. The van der Waals surface area contributed by atoms with Gasteiger partial charge in [0, 0.05) is 29.5 Å². The Balaban J connectivity index is 1.95. The molecule has 1 aliphatic heterocycles. The summed E-state index contributed by atoms with van der Waals surface area (Å²) in [5, 5.41) is 11.4. The second-order valence-corrected chi connectivity index (χ2v) is 7.72. The van der Waals surface area contributed by atoms with E-state index in [0.717, 1.165) is 5.56 Å². The molecule has 0 radical (unpaired) electrons. The van der Waals surface area contributed by atoms with E-state index in [1.165, 1.54) is 18.2 Å². The number of benzene rings is 2. The first kappa shape index (κ1) is 24.6. The van der Waals surface area contributed by atoms with Gasteiger partial charge in [-0.05, 0) is 38.0 Å². The lowest BCUT2D eigenvalue weighted by molar-refractivity contribution is -0.384. The SMILES string of the molecule is CCOC(=O)C1C(C)=NC(C)=C(C(=O)OCC=Cc2ccccc2)C1c1cccc([N+](=O)[O-])c1. The standard InChI is InChI=1S/C26H26N2O6/c1-4-33-25(29)22-17(2)27-18(3)23(24(22)20-13-8-14-21(16-20)28(31)32)26(30)34-15-9-12-19-10-6-5-7-11-19/h5-14,16,22,24H,4,15H2,1-3H3. The van der Waals surface area contributed by atoms with E-state index in [1.54, 1.807) is 32.9 Å². The Morgan fingerprint density at radius 2 is 1.82 bits per heavy atom. The highest BCUT2D eigenvalue weighted by Crippen LogP contribution is 2.41. The number of nitro groups is 1. The van der Waals surface area contributed by atoms with E-state index in [2.05, 4.69) is 4.99 Å². The molecule has 2 aromatic rings. The minimum Gasteiger partial charge on any atom is -0.465 e. The molecule has 0 aromatic heterocycles. The molecule has 2 unspecified atom stereocenters. The zero-order chi connectivity index (χ0) is 24.7. The molecule has 2 aromatic carbocycles. The third-order valence-corrected chi connectivity index (χ3v) is 5.45. The van der Waals surface area contributed by atoms with Gasteiger partial charge in [0.05, 0.1) is 17.1 Å². The highest BCUT2D eigenvalue weighted by atomic mass is 16.6. The largest absolute Gasteiger partial charge is 0.465 e. The third kappa shape index (κ3) is 5.64. The van der Waals surface area contributed by atoms with E-state index in [-0.39, 0.29) is 24.5 Å². The van der Waals surface area contributed by atoms with E-state index < -0.39 is 28.7 Å². The maximum atomic E-state index is 13.2. The number of rotatable bonds is 8. The Bertz CT molecular complexity index is 1170. The van der Waals surface area contributed by atoms with Crippen molar-refractivity contribution in [3.8, 4) is 0 Å². The summed E-state index contributed by atoms with van der Waals surface area (Å²) in [6.07, 6.45) is 3.54.